The van der Waals surface area contributed by atoms with Crippen LogP contribution in [0.15, 0.2) is 47.4 Å². The van der Waals surface area contributed by atoms with Gasteiger partial charge >= 0.3 is 5.97 Å². The number of sulfonamides is 1. The highest BCUT2D eigenvalue weighted by Gasteiger charge is 2.27. The number of ether oxygens (including phenoxy) is 1. The standard InChI is InChI=1S/C22H24F2N2O5S/c1-15(21(27)25-20-18(23)10-7-11-19(20)24)31-22(28)16-8-6-9-17(14-16)32(29,30)26-12-4-2-3-5-13-26/h6-11,14-15H,2-5,12-13H2,1H3,(H,25,27). The first-order valence-electron chi connectivity index (χ1n) is 10.3. The minimum Gasteiger partial charge on any atom is -0.449 e. The van der Waals surface area contributed by atoms with Crippen molar-refractivity contribution >= 4 is 27.6 Å². The van der Waals surface area contributed by atoms with E-state index < -0.39 is 45.3 Å². The van der Waals surface area contributed by atoms with Crippen LogP contribution in [0.4, 0.5) is 14.5 Å². The zero-order valence-corrected chi connectivity index (χ0v) is 18.3. The molecule has 7 nitrogen and oxygen atoms in total. The zero-order valence-electron chi connectivity index (χ0n) is 17.5. The van der Waals surface area contributed by atoms with Gasteiger partial charge in [-0.05, 0) is 50.1 Å². The van der Waals surface area contributed by atoms with E-state index >= 15 is 0 Å². The number of anilines is 1. The Hall–Kier alpha value is -2.85. The first kappa shape index (κ1) is 23.8. The molecule has 1 fully saturated rings. The van der Waals surface area contributed by atoms with Crippen molar-refractivity contribution < 1.29 is 31.5 Å². The first-order chi connectivity index (χ1) is 15.2. The van der Waals surface area contributed by atoms with E-state index in [-0.39, 0.29) is 10.5 Å². The maximum absolute atomic E-state index is 13.7. The number of halogens is 2. The van der Waals surface area contributed by atoms with Gasteiger partial charge in [-0.1, -0.05) is 25.0 Å². The monoisotopic (exact) mass is 466 g/mol. The van der Waals surface area contributed by atoms with Gasteiger partial charge in [-0.2, -0.15) is 4.31 Å². The Kier molecular flexibility index (Phi) is 7.57. The van der Waals surface area contributed by atoms with Crippen molar-refractivity contribution in [2.45, 2.75) is 43.6 Å². The van der Waals surface area contributed by atoms with E-state index in [1.165, 1.54) is 35.5 Å². The van der Waals surface area contributed by atoms with Crippen LogP contribution in [-0.4, -0.2) is 43.8 Å². The summed E-state index contributed by atoms with van der Waals surface area (Å²) in [5, 5.41) is 2.05. The predicted octanol–water partition coefficient (Wildman–Crippen LogP) is 3.71. The van der Waals surface area contributed by atoms with Crippen molar-refractivity contribution in [3.05, 3.63) is 59.7 Å². The summed E-state index contributed by atoms with van der Waals surface area (Å²) in [7, 11) is -3.77. The molecular formula is C22H24F2N2O5S. The summed E-state index contributed by atoms with van der Waals surface area (Å²) in [4.78, 5) is 24.7. The van der Waals surface area contributed by atoms with Gasteiger partial charge in [0.1, 0.15) is 17.3 Å². The van der Waals surface area contributed by atoms with E-state index in [1.807, 2.05) is 0 Å². The number of nitrogens with zero attached hydrogens (tertiary/aromatic N) is 1. The molecule has 1 unspecified atom stereocenters. The molecule has 0 saturated carbocycles. The van der Waals surface area contributed by atoms with Gasteiger partial charge in [0.15, 0.2) is 6.10 Å². The van der Waals surface area contributed by atoms with Crippen LogP contribution in [0.2, 0.25) is 0 Å². The third-order valence-corrected chi connectivity index (χ3v) is 7.03. The molecule has 1 saturated heterocycles. The number of nitrogens with one attached hydrogen (secondary N) is 1. The lowest BCUT2D eigenvalue weighted by atomic mass is 10.2. The fourth-order valence-corrected chi connectivity index (χ4v) is 4.90. The van der Waals surface area contributed by atoms with Crippen LogP contribution in [0.25, 0.3) is 0 Å². The van der Waals surface area contributed by atoms with Crippen LogP contribution >= 0.6 is 0 Å². The Bertz CT molecular complexity index is 1080. The molecule has 1 aliphatic heterocycles. The van der Waals surface area contributed by atoms with Gasteiger partial charge in [0.2, 0.25) is 10.0 Å². The molecule has 2 aromatic rings. The molecule has 0 aromatic heterocycles. The van der Waals surface area contributed by atoms with Gasteiger partial charge in [-0.15, -0.1) is 0 Å². The molecule has 1 atom stereocenters. The molecule has 1 aliphatic rings. The zero-order chi connectivity index (χ0) is 23.3. The maximum Gasteiger partial charge on any atom is 0.338 e. The molecular weight excluding hydrogens is 442 g/mol. The van der Waals surface area contributed by atoms with Crippen molar-refractivity contribution in [3.63, 3.8) is 0 Å². The van der Waals surface area contributed by atoms with Crippen molar-refractivity contribution in [2.75, 3.05) is 18.4 Å². The summed E-state index contributed by atoms with van der Waals surface area (Å²) in [5.74, 6) is -3.81. The van der Waals surface area contributed by atoms with Crippen LogP contribution in [0.3, 0.4) is 0 Å². The van der Waals surface area contributed by atoms with E-state index in [9.17, 15) is 26.8 Å². The first-order valence-corrected chi connectivity index (χ1v) is 11.7. The number of esters is 1. The van der Waals surface area contributed by atoms with Crippen LogP contribution < -0.4 is 5.32 Å². The van der Waals surface area contributed by atoms with Crippen molar-refractivity contribution in [1.29, 1.82) is 0 Å². The second-order valence-electron chi connectivity index (χ2n) is 7.48. The molecule has 0 aliphatic carbocycles. The summed E-state index contributed by atoms with van der Waals surface area (Å²) in [6.45, 7) is 2.07. The Morgan fingerprint density at radius 2 is 1.59 bits per heavy atom. The van der Waals surface area contributed by atoms with Gasteiger partial charge in [0, 0.05) is 13.1 Å². The lowest BCUT2D eigenvalue weighted by molar-refractivity contribution is -0.123. The highest BCUT2D eigenvalue weighted by molar-refractivity contribution is 7.89. The van der Waals surface area contributed by atoms with Crippen LogP contribution in [0, 0.1) is 11.6 Å². The number of hydrogen-bond acceptors (Lipinski definition) is 5. The van der Waals surface area contributed by atoms with Crippen LogP contribution in [-0.2, 0) is 19.6 Å². The molecule has 1 N–H and O–H groups in total. The van der Waals surface area contributed by atoms with E-state index in [0.29, 0.717) is 13.1 Å². The summed E-state index contributed by atoms with van der Waals surface area (Å²) in [6.07, 6.45) is 2.10. The lowest BCUT2D eigenvalue weighted by Crippen LogP contribution is -2.32. The Labute approximate surface area is 185 Å². The minimum absolute atomic E-state index is 0.0422. The van der Waals surface area contributed by atoms with Crippen LogP contribution in [0.5, 0.6) is 0 Å². The quantitative estimate of drug-likeness (QED) is 0.655. The molecule has 172 valence electrons. The van der Waals surface area contributed by atoms with E-state index in [2.05, 4.69) is 5.32 Å². The van der Waals surface area contributed by atoms with E-state index in [4.69, 9.17) is 4.74 Å². The minimum atomic E-state index is -3.77. The van der Waals surface area contributed by atoms with Crippen molar-refractivity contribution in [1.82, 2.24) is 4.31 Å². The number of amides is 1. The number of rotatable bonds is 6. The van der Waals surface area contributed by atoms with Gasteiger partial charge < -0.3 is 10.1 Å². The van der Waals surface area contributed by atoms with Crippen molar-refractivity contribution in [3.8, 4) is 0 Å². The highest BCUT2D eigenvalue weighted by atomic mass is 32.2. The average Bonchev–Trinajstić information content (AvgIpc) is 3.06. The molecule has 3 rings (SSSR count). The highest BCUT2D eigenvalue weighted by Crippen LogP contribution is 2.22. The summed E-state index contributed by atoms with van der Waals surface area (Å²) in [5.41, 5.74) is -0.705. The molecule has 1 amide bonds. The fraction of sp³-hybridized carbons (Fsp3) is 0.364. The van der Waals surface area contributed by atoms with Gasteiger partial charge in [0.25, 0.3) is 5.91 Å². The SMILES string of the molecule is CC(OC(=O)c1cccc(S(=O)(=O)N2CCCCCC2)c1)C(=O)Nc1c(F)cccc1F. The van der Waals surface area contributed by atoms with E-state index in [0.717, 1.165) is 43.9 Å². The summed E-state index contributed by atoms with van der Waals surface area (Å²) >= 11 is 0. The fourth-order valence-electron chi connectivity index (χ4n) is 3.34. The van der Waals surface area contributed by atoms with E-state index in [1.54, 1.807) is 0 Å². The number of benzene rings is 2. The molecule has 10 heteroatoms. The summed E-state index contributed by atoms with van der Waals surface area (Å²) in [6, 6.07) is 8.48. The number of para-hydroxylation sites is 1. The van der Waals surface area contributed by atoms with Gasteiger partial charge in [-0.3, -0.25) is 4.79 Å². The molecule has 32 heavy (non-hydrogen) atoms. The number of hydrogen-bond donors (Lipinski definition) is 1. The molecule has 2 aromatic carbocycles. The van der Waals surface area contributed by atoms with Gasteiger partial charge in [-0.25, -0.2) is 22.0 Å². The Morgan fingerprint density at radius 1 is 1.00 bits per heavy atom. The number of carbonyl (C=O) groups is 2. The predicted molar refractivity (Wildman–Crippen MR) is 114 cm³/mol. The van der Waals surface area contributed by atoms with Crippen LogP contribution in [0.1, 0.15) is 43.0 Å². The third-order valence-electron chi connectivity index (χ3n) is 5.14. The maximum atomic E-state index is 13.7. The summed E-state index contributed by atoms with van der Waals surface area (Å²) < 4.78 is 59.8. The number of carbonyl (C=O) groups excluding carboxylic acids is 2. The largest absolute Gasteiger partial charge is 0.449 e. The topological polar surface area (TPSA) is 92.8 Å². The van der Waals surface area contributed by atoms with Gasteiger partial charge in [0.05, 0.1) is 10.5 Å². The lowest BCUT2D eigenvalue weighted by Gasteiger charge is -2.20. The molecule has 0 bridgehead atoms. The second-order valence-corrected chi connectivity index (χ2v) is 9.42. The molecule has 0 radical (unpaired) electrons. The third kappa shape index (κ3) is 5.49. The normalized spacial score (nSPS) is 16.1. The molecule has 1 heterocycles. The average molecular weight is 467 g/mol. The van der Waals surface area contributed by atoms with Crippen molar-refractivity contribution in [2.24, 2.45) is 0 Å². The molecule has 0 spiro atoms. The second kappa shape index (κ2) is 10.2. The Morgan fingerprint density at radius 3 is 2.22 bits per heavy atom. The Balaban J connectivity index is 1.70. The smallest absolute Gasteiger partial charge is 0.338 e.